The van der Waals surface area contributed by atoms with E-state index in [9.17, 15) is 4.79 Å². The van der Waals surface area contributed by atoms with Crippen molar-refractivity contribution in [2.45, 2.75) is 24.8 Å². The molecule has 28 heavy (non-hydrogen) atoms. The molecule has 0 aliphatic heterocycles. The van der Waals surface area contributed by atoms with Gasteiger partial charge in [-0.1, -0.05) is 49.9 Å². The highest BCUT2D eigenvalue weighted by Crippen LogP contribution is 2.29. The van der Waals surface area contributed by atoms with E-state index in [1.54, 1.807) is 17.5 Å². The molecule has 4 aromatic rings. The Morgan fingerprint density at radius 2 is 2.11 bits per heavy atom. The minimum absolute atomic E-state index is 0.0418. The highest BCUT2D eigenvalue weighted by Gasteiger charge is 2.13. The normalized spacial score (nSPS) is 11.2. The van der Waals surface area contributed by atoms with E-state index in [4.69, 9.17) is 0 Å². The molecule has 0 fully saturated rings. The predicted octanol–water partition coefficient (Wildman–Crippen LogP) is 5.31. The van der Waals surface area contributed by atoms with Gasteiger partial charge in [0.05, 0.1) is 16.1 Å². The zero-order valence-corrected chi connectivity index (χ0v) is 17.3. The number of para-hydroxylation sites is 1. The Kier molecular flexibility index (Phi) is 5.45. The fourth-order valence-electron chi connectivity index (χ4n) is 2.99. The molecule has 0 saturated carbocycles. The van der Waals surface area contributed by atoms with E-state index in [-0.39, 0.29) is 5.91 Å². The molecule has 0 saturated heterocycles. The Labute approximate surface area is 171 Å². The molecule has 7 heteroatoms. The number of benzene rings is 1. The lowest BCUT2D eigenvalue weighted by molar-refractivity contribution is -0.113. The van der Waals surface area contributed by atoms with Crippen molar-refractivity contribution in [1.29, 1.82) is 0 Å². The summed E-state index contributed by atoms with van der Waals surface area (Å²) in [7, 11) is 0. The van der Waals surface area contributed by atoms with E-state index in [1.807, 2.05) is 58.6 Å². The molecule has 0 unspecified atom stereocenters. The van der Waals surface area contributed by atoms with Crippen LogP contribution in [0.15, 0.2) is 65.3 Å². The number of aromatic nitrogens is 3. The van der Waals surface area contributed by atoms with Crippen LogP contribution < -0.4 is 5.32 Å². The number of carbonyl (C=O) groups is 1. The number of thioether (sulfide) groups is 1. The molecule has 1 amide bonds. The molecule has 142 valence electrons. The van der Waals surface area contributed by atoms with Crippen molar-refractivity contribution >= 4 is 40.2 Å². The van der Waals surface area contributed by atoms with Gasteiger partial charge in [0.2, 0.25) is 5.91 Å². The second-order valence-corrected chi connectivity index (χ2v) is 8.56. The van der Waals surface area contributed by atoms with E-state index in [2.05, 4.69) is 29.2 Å². The van der Waals surface area contributed by atoms with Gasteiger partial charge in [0, 0.05) is 18.1 Å². The van der Waals surface area contributed by atoms with E-state index in [0.29, 0.717) is 11.7 Å². The SMILES string of the molecule is CC(C)c1ccccc1NC(=O)CSc1nccn2nc(-c3cccs3)cc12. The van der Waals surface area contributed by atoms with Gasteiger partial charge in [0.15, 0.2) is 0 Å². The van der Waals surface area contributed by atoms with Crippen LogP contribution in [0.1, 0.15) is 25.3 Å². The van der Waals surface area contributed by atoms with Crippen LogP contribution >= 0.6 is 23.1 Å². The van der Waals surface area contributed by atoms with E-state index in [1.165, 1.54) is 11.8 Å². The van der Waals surface area contributed by atoms with Crippen LogP contribution in [0.4, 0.5) is 5.69 Å². The lowest BCUT2D eigenvalue weighted by Gasteiger charge is -2.13. The number of thiophene rings is 1. The zero-order chi connectivity index (χ0) is 19.5. The summed E-state index contributed by atoms with van der Waals surface area (Å²) in [6.45, 7) is 4.24. The fourth-order valence-corrected chi connectivity index (χ4v) is 4.45. The number of amides is 1. The van der Waals surface area contributed by atoms with Gasteiger partial charge in [-0.2, -0.15) is 5.10 Å². The third-order valence-electron chi connectivity index (χ3n) is 4.33. The average molecular weight is 409 g/mol. The quantitative estimate of drug-likeness (QED) is 0.439. The summed E-state index contributed by atoms with van der Waals surface area (Å²) in [5.41, 5.74) is 3.84. The predicted molar refractivity (Wildman–Crippen MR) is 116 cm³/mol. The van der Waals surface area contributed by atoms with Crippen LogP contribution in [-0.2, 0) is 4.79 Å². The highest BCUT2D eigenvalue weighted by molar-refractivity contribution is 8.00. The maximum Gasteiger partial charge on any atom is 0.234 e. The smallest absolute Gasteiger partial charge is 0.234 e. The first-order valence-corrected chi connectivity index (χ1v) is 10.9. The Morgan fingerprint density at radius 1 is 1.25 bits per heavy atom. The lowest BCUT2D eigenvalue weighted by atomic mass is 10.0. The van der Waals surface area contributed by atoms with Crippen molar-refractivity contribution in [1.82, 2.24) is 14.6 Å². The molecule has 0 spiro atoms. The van der Waals surface area contributed by atoms with Crippen LogP contribution in [0.2, 0.25) is 0 Å². The molecule has 0 radical (unpaired) electrons. The lowest BCUT2D eigenvalue weighted by Crippen LogP contribution is -2.15. The maximum atomic E-state index is 12.5. The second kappa shape index (κ2) is 8.16. The summed E-state index contributed by atoms with van der Waals surface area (Å²) in [6, 6.07) is 14.0. The number of hydrogen-bond acceptors (Lipinski definition) is 5. The van der Waals surface area contributed by atoms with Crippen molar-refractivity contribution in [2.24, 2.45) is 0 Å². The fraction of sp³-hybridized carbons (Fsp3) is 0.190. The first-order chi connectivity index (χ1) is 13.6. The summed E-state index contributed by atoms with van der Waals surface area (Å²) in [5.74, 6) is 0.598. The monoisotopic (exact) mass is 408 g/mol. The molecule has 4 rings (SSSR count). The molecule has 3 heterocycles. The van der Waals surface area contributed by atoms with Crippen LogP contribution in [0.3, 0.4) is 0 Å². The van der Waals surface area contributed by atoms with Gasteiger partial charge in [0.1, 0.15) is 10.7 Å². The molecule has 5 nitrogen and oxygen atoms in total. The van der Waals surface area contributed by atoms with Gasteiger partial charge >= 0.3 is 0 Å². The number of rotatable bonds is 6. The Hall–Kier alpha value is -2.64. The van der Waals surface area contributed by atoms with Gasteiger partial charge in [0.25, 0.3) is 0 Å². The molecule has 0 aliphatic carbocycles. The number of nitrogens with one attached hydrogen (secondary N) is 1. The summed E-state index contributed by atoms with van der Waals surface area (Å²) < 4.78 is 1.82. The van der Waals surface area contributed by atoms with Gasteiger partial charge in [-0.25, -0.2) is 9.50 Å². The standard InChI is InChI=1S/C21H20N4OS2/c1-14(2)15-6-3-4-7-16(15)23-20(26)13-28-21-18-12-17(19-8-5-11-27-19)24-25(18)10-9-22-21/h3-12,14H,13H2,1-2H3,(H,23,26). The summed E-state index contributed by atoms with van der Waals surface area (Å²) in [4.78, 5) is 18.1. The summed E-state index contributed by atoms with van der Waals surface area (Å²) in [5, 5.41) is 10.5. The first-order valence-electron chi connectivity index (χ1n) is 9.01. The number of hydrogen-bond donors (Lipinski definition) is 1. The summed E-state index contributed by atoms with van der Waals surface area (Å²) >= 11 is 3.07. The van der Waals surface area contributed by atoms with Crippen molar-refractivity contribution in [3.63, 3.8) is 0 Å². The minimum Gasteiger partial charge on any atom is -0.325 e. The van der Waals surface area contributed by atoms with E-state index >= 15 is 0 Å². The minimum atomic E-state index is -0.0418. The van der Waals surface area contributed by atoms with Crippen molar-refractivity contribution in [3.8, 4) is 10.6 Å². The molecule has 0 bridgehead atoms. The van der Waals surface area contributed by atoms with Crippen molar-refractivity contribution in [2.75, 3.05) is 11.1 Å². The number of anilines is 1. The molecular formula is C21H20N4OS2. The molecular weight excluding hydrogens is 388 g/mol. The van der Waals surface area contributed by atoms with Crippen molar-refractivity contribution in [3.05, 3.63) is 65.8 Å². The largest absolute Gasteiger partial charge is 0.325 e. The van der Waals surface area contributed by atoms with Gasteiger partial charge in [-0.15, -0.1) is 11.3 Å². The van der Waals surface area contributed by atoms with Crippen LogP contribution in [-0.4, -0.2) is 26.3 Å². The van der Waals surface area contributed by atoms with Crippen LogP contribution in [0.5, 0.6) is 0 Å². The van der Waals surface area contributed by atoms with E-state index in [0.717, 1.165) is 32.4 Å². The maximum absolute atomic E-state index is 12.5. The summed E-state index contributed by atoms with van der Waals surface area (Å²) in [6.07, 6.45) is 3.54. The number of nitrogens with zero attached hydrogens (tertiary/aromatic N) is 3. The topological polar surface area (TPSA) is 59.3 Å². The third-order valence-corrected chi connectivity index (χ3v) is 6.21. The van der Waals surface area contributed by atoms with Crippen molar-refractivity contribution < 1.29 is 4.79 Å². The van der Waals surface area contributed by atoms with E-state index < -0.39 is 0 Å². The Morgan fingerprint density at radius 3 is 2.89 bits per heavy atom. The Balaban J connectivity index is 1.49. The highest BCUT2D eigenvalue weighted by atomic mass is 32.2. The van der Waals surface area contributed by atoms with Crippen LogP contribution in [0.25, 0.3) is 16.1 Å². The molecule has 0 aliphatic rings. The molecule has 1 aromatic carbocycles. The molecule has 1 N–H and O–H groups in total. The zero-order valence-electron chi connectivity index (χ0n) is 15.6. The third kappa shape index (κ3) is 3.95. The second-order valence-electron chi connectivity index (χ2n) is 6.65. The number of carbonyl (C=O) groups excluding carboxylic acids is 1. The van der Waals surface area contributed by atoms with Gasteiger partial charge in [-0.05, 0) is 35.1 Å². The molecule has 3 aromatic heterocycles. The first kappa shape index (κ1) is 18.7. The van der Waals surface area contributed by atoms with Gasteiger partial charge in [-0.3, -0.25) is 4.79 Å². The van der Waals surface area contributed by atoms with Gasteiger partial charge < -0.3 is 5.32 Å². The molecule has 0 atom stereocenters. The van der Waals surface area contributed by atoms with Crippen LogP contribution in [0, 0.1) is 0 Å². The average Bonchev–Trinajstić information content (AvgIpc) is 3.36. The number of fused-ring (bicyclic) bond motifs is 1. The Bertz CT molecular complexity index is 1100.